The summed E-state index contributed by atoms with van der Waals surface area (Å²) in [6.07, 6.45) is -2.55. The summed E-state index contributed by atoms with van der Waals surface area (Å²) in [4.78, 5) is 89.6. The van der Waals surface area contributed by atoms with Crippen molar-refractivity contribution in [3.8, 4) is 5.75 Å². The van der Waals surface area contributed by atoms with Gasteiger partial charge < -0.3 is 33.9 Å². The smallest absolute Gasteiger partial charge is 0.436 e. The second-order valence-corrected chi connectivity index (χ2v) is 19.8. The van der Waals surface area contributed by atoms with Gasteiger partial charge in [-0.1, -0.05) is 54.6 Å². The Balaban J connectivity index is 1.44. The summed E-state index contributed by atoms with van der Waals surface area (Å²) in [6, 6.07) is 23.7. The van der Waals surface area contributed by atoms with Gasteiger partial charge in [-0.15, -0.1) is 11.3 Å². The van der Waals surface area contributed by atoms with Crippen molar-refractivity contribution in [2.24, 2.45) is 4.99 Å². The fourth-order valence-electron chi connectivity index (χ4n) is 6.63. The molecule has 0 radical (unpaired) electrons. The van der Waals surface area contributed by atoms with E-state index < -0.39 is 52.9 Å². The molecule has 2 heterocycles. The molecule has 16 heteroatoms. The number of carbonyl (C=O) groups is 6. The molecule has 66 heavy (non-hydrogen) atoms. The number of aliphatic imine (C=N–C) groups is 1. The van der Waals surface area contributed by atoms with Crippen LogP contribution in [0.15, 0.2) is 89.9 Å². The fourth-order valence-corrected chi connectivity index (χ4v) is 7.79. The number of nitrogens with one attached hydrogen (secondary N) is 1. The number of thiophene rings is 1. The summed E-state index contributed by atoms with van der Waals surface area (Å²) in [5.41, 5.74) is -0.175. The molecule has 0 aliphatic carbocycles. The molecule has 1 aromatic heterocycles. The van der Waals surface area contributed by atoms with Crippen molar-refractivity contribution in [3.05, 3.63) is 123 Å². The largest absolute Gasteiger partial charge is 0.489 e. The van der Waals surface area contributed by atoms with Crippen molar-refractivity contribution in [1.29, 1.82) is 0 Å². The van der Waals surface area contributed by atoms with E-state index >= 15 is 0 Å². The van der Waals surface area contributed by atoms with Gasteiger partial charge in [0.15, 0.2) is 5.84 Å². The van der Waals surface area contributed by atoms with E-state index in [1.54, 1.807) is 74.1 Å². The number of amidine groups is 1. The average molecular weight is 925 g/mol. The third kappa shape index (κ3) is 15.3. The number of hydrogen-bond donors (Lipinski definition) is 1. The van der Waals surface area contributed by atoms with Crippen molar-refractivity contribution in [2.75, 3.05) is 13.2 Å². The number of hydrogen-bond acceptors (Lipinski definition) is 12. The Morgan fingerprint density at radius 2 is 1.35 bits per heavy atom. The fraction of sp³-hybridized carbons (Fsp3) is 0.420. The van der Waals surface area contributed by atoms with Crippen LogP contribution in [0.5, 0.6) is 5.75 Å². The standard InChI is InChI=1S/C50H60N4O11S/c1-11-61-41(55)29-38-28-36-30-53(26-25-40(36)66-38)44(57)39(27-32-17-23-37(24-18-32)62-31-33-15-13-12-14-16-33)51-43(56)35-21-19-34(20-22-35)42(52-45(58)63-48(2,3)4)54(46(59)64-49(5,6)7)47(60)65-50(8,9)10/h12-24,28,39H,11,25-27,29-31H2,1-10H3,(H,51,56)/t39-/m0/s1. The Morgan fingerprint density at radius 3 is 1.92 bits per heavy atom. The van der Waals surface area contributed by atoms with Gasteiger partial charge in [0.05, 0.1) is 13.0 Å². The summed E-state index contributed by atoms with van der Waals surface area (Å²) in [6.45, 7) is 17.7. The molecule has 1 N–H and O–H groups in total. The second kappa shape index (κ2) is 21.6. The van der Waals surface area contributed by atoms with Crippen LogP contribution in [-0.4, -0.2) is 87.7 Å². The number of carbonyl (C=O) groups excluding carboxylic acids is 6. The number of ether oxygens (including phenoxy) is 5. The van der Waals surface area contributed by atoms with Gasteiger partial charge in [-0.25, -0.2) is 14.4 Å². The number of benzene rings is 3. The minimum atomic E-state index is -1.17. The predicted molar refractivity (Wildman–Crippen MR) is 249 cm³/mol. The normalized spacial score (nSPS) is 13.4. The minimum absolute atomic E-state index is 0.0681. The van der Waals surface area contributed by atoms with E-state index in [0.29, 0.717) is 36.8 Å². The monoisotopic (exact) mass is 924 g/mol. The highest BCUT2D eigenvalue weighted by Crippen LogP contribution is 2.30. The number of fused-ring (bicyclic) bond motifs is 1. The maximum absolute atomic E-state index is 14.5. The molecule has 0 saturated heterocycles. The lowest BCUT2D eigenvalue weighted by molar-refractivity contribution is -0.142. The van der Waals surface area contributed by atoms with Gasteiger partial charge in [-0.3, -0.25) is 14.4 Å². The van der Waals surface area contributed by atoms with Crippen molar-refractivity contribution in [1.82, 2.24) is 15.1 Å². The van der Waals surface area contributed by atoms with Crippen LogP contribution in [0.4, 0.5) is 14.4 Å². The van der Waals surface area contributed by atoms with Gasteiger partial charge in [0.1, 0.15) is 35.2 Å². The van der Waals surface area contributed by atoms with Crippen LogP contribution in [0.1, 0.15) is 112 Å². The molecule has 3 aromatic carbocycles. The van der Waals surface area contributed by atoms with E-state index in [2.05, 4.69) is 10.3 Å². The first-order valence-corrected chi connectivity index (χ1v) is 22.6. The van der Waals surface area contributed by atoms with Gasteiger partial charge >= 0.3 is 24.2 Å². The zero-order chi connectivity index (χ0) is 48.4. The Morgan fingerprint density at radius 1 is 0.758 bits per heavy atom. The molecule has 4 aromatic rings. The van der Waals surface area contributed by atoms with E-state index in [0.717, 1.165) is 26.4 Å². The topological polar surface area (TPSA) is 179 Å². The summed E-state index contributed by atoms with van der Waals surface area (Å²) < 4.78 is 27.7. The maximum Gasteiger partial charge on any atom is 0.436 e. The molecule has 0 saturated carbocycles. The van der Waals surface area contributed by atoms with Crippen LogP contribution in [0.25, 0.3) is 0 Å². The number of esters is 1. The van der Waals surface area contributed by atoms with Crippen LogP contribution in [0.3, 0.4) is 0 Å². The molecular formula is C50H60N4O11S. The third-order valence-electron chi connectivity index (χ3n) is 9.43. The first-order chi connectivity index (χ1) is 31.0. The highest BCUT2D eigenvalue weighted by molar-refractivity contribution is 7.12. The molecule has 0 bridgehead atoms. The van der Waals surface area contributed by atoms with Crippen LogP contribution < -0.4 is 10.1 Å². The molecule has 5 rings (SSSR count). The summed E-state index contributed by atoms with van der Waals surface area (Å²) in [5, 5.41) is 2.94. The quantitative estimate of drug-likeness (QED) is 0.0620. The van der Waals surface area contributed by atoms with E-state index in [1.807, 2.05) is 60.7 Å². The van der Waals surface area contributed by atoms with Gasteiger partial charge in [-0.2, -0.15) is 9.89 Å². The zero-order valence-corrected chi connectivity index (χ0v) is 40.2. The molecule has 1 aliphatic rings. The molecule has 5 amide bonds. The van der Waals surface area contributed by atoms with Crippen molar-refractivity contribution in [2.45, 2.75) is 124 Å². The molecule has 352 valence electrons. The molecule has 0 spiro atoms. The lowest BCUT2D eigenvalue weighted by atomic mass is 10.0. The molecule has 0 unspecified atom stereocenters. The second-order valence-electron chi connectivity index (χ2n) is 18.6. The van der Waals surface area contributed by atoms with Gasteiger partial charge in [-0.05, 0) is 123 Å². The SMILES string of the molecule is CCOC(=O)Cc1cc2c(s1)CCN(C(=O)[C@H](Cc1ccc(OCc3ccccc3)cc1)NC(=O)c1ccc(C(=NC(=O)OC(C)(C)C)N(C(=O)OC(C)(C)C)C(=O)OC(C)(C)C)cc1)C2. The lowest BCUT2D eigenvalue weighted by Crippen LogP contribution is -2.50. The number of nitrogens with zero attached hydrogens (tertiary/aromatic N) is 3. The average Bonchev–Trinajstić information content (AvgIpc) is 3.62. The van der Waals surface area contributed by atoms with Gasteiger partial charge in [0, 0.05) is 40.4 Å². The summed E-state index contributed by atoms with van der Waals surface area (Å²) >= 11 is 1.53. The first-order valence-electron chi connectivity index (χ1n) is 21.8. The number of rotatable bonds is 12. The molecule has 0 fully saturated rings. The highest BCUT2D eigenvalue weighted by Gasteiger charge is 2.37. The van der Waals surface area contributed by atoms with Gasteiger partial charge in [0.25, 0.3) is 5.91 Å². The molecule has 15 nitrogen and oxygen atoms in total. The Labute approximate surface area is 390 Å². The molecular weight excluding hydrogens is 865 g/mol. The third-order valence-corrected chi connectivity index (χ3v) is 10.7. The zero-order valence-electron chi connectivity index (χ0n) is 39.4. The minimum Gasteiger partial charge on any atom is -0.489 e. The van der Waals surface area contributed by atoms with Crippen molar-refractivity contribution in [3.63, 3.8) is 0 Å². The highest BCUT2D eigenvalue weighted by atomic mass is 32.1. The van der Waals surface area contributed by atoms with E-state index in [4.69, 9.17) is 23.7 Å². The first kappa shape index (κ1) is 50.4. The van der Waals surface area contributed by atoms with Crippen LogP contribution in [0.2, 0.25) is 0 Å². The maximum atomic E-state index is 14.5. The van der Waals surface area contributed by atoms with E-state index in [9.17, 15) is 28.8 Å². The van der Waals surface area contributed by atoms with Crippen LogP contribution in [0, 0.1) is 0 Å². The van der Waals surface area contributed by atoms with Crippen LogP contribution in [-0.2, 0) is 61.0 Å². The van der Waals surface area contributed by atoms with Gasteiger partial charge in [0.2, 0.25) is 5.91 Å². The van der Waals surface area contributed by atoms with E-state index in [-0.39, 0.29) is 42.5 Å². The molecule has 1 atom stereocenters. The summed E-state index contributed by atoms with van der Waals surface area (Å²) in [5.74, 6) is -1.03. The lowest BCUT2D eigenvalue weighted by Gasteiger charge is -2.31. The predicted octanol–water partition coefficient (Wildman–Crippen LogP) is 9.21. The number of amides is 5. The van der Waals surface area contributed by atoms with Crippen molar-refractivity contribution >= 4 is 53.2 Å². The van der Waals surface area contributed by atoms with E-state index in [1.165, 1.54) is 35.6 Å². The molecule has 1 aliphatic heterocycles. The Kier molecular flexibility index (Phi) is 16.5. The summed E-state index contributed by atoms with van der Waals surface area (Å²) in [7, 11) is 0. The van der Waals surface area contributed by atoms with Crippen LogP contribution >= 0.6 is 11.3 Å². The Hall–Kier alpha value is -6.55. The Bertz CT molecular complexity index is 2360. The number of imide groups is 1. The van der Waals surface area contributed by atoms with Crippen molar-refractivity contribution < 1.29 is 52.5 Å².